The van der Waals surface area contributed by atoms with Crippen molar-refractivity contribution in [2.24, 2.45) is 0 Å². The Morgan fingerprint density at radius 1 is 1.10 bits per heavy atom. The van der Waals surface area contributed by atoms with Crippen molar-refractivity contribution in [1.82, 2.24) is 10.6 Å². The highest BCUT2D eigenvalue weighted by Crippen LogP contribution is 2.22. The number of rotatable bonds is 6. The topological polar surface area (TPSA) is 41.1 Å². The van der Waals surface area contributed by atoms with Gasteiger partial charge in [-0.05, 0) is 30.0 Å². The van der Waals surface area contributed by atoms with Gasteiger partial charge in [0.2, 0.25) is 5.91 Å². The molecule has 2 N–H and O–H groups in total. The predicted octanol–water partition coefficient (Wildman–Crippen LogP) is 2.67. The van der Waals surface area contributed by atoms with Crippen LogP contribution in [-0.2, 0) is 16.6 Å². The Morgan fingerprint density at radius 2 is 1.70 bits per heavy atom. The number of carbonyl (C=O) groups excluding carboxylic acids is 1. The Bertz CT molecular complexity index is 396. The fourth-order valence-corrected chi connectivity index (χ4v) is 1.84. The largest absolute Gasteiger partial charge is 0.356 e. The second-order valence-electron chi connectivity index (χ2n) is 5.90. The summed E-state index contributed by atoms with van der Waals surface area (Å²) in [7, 11) is 1.85. The smallest absolute Gasteiger partial charge is 0.221 e. The number of carbonyl (C=O) groups is 1. The maximum atomic E-state index is 11.4. The van der Waals surface area contributed by atoms with E-state index >= 15 is 0 Å². The molecular weight excluding hydrogens is 272 g/mol. The second-order valence-corrected chi connectivity index (χ2v) is 5.90. The van der Waals surface area contributed by atoms with E-state index in [9.17, 15) is 4.79 Å². The molecule has 0 spiro atoms. The third-order valence-electron chi connectivity index (χ3n) is 3.16. The van der Waals surface area contributed by atoms with E-state index < -0.39 is 0 Å². The highest BCUT2D eigenvalue weighted by molar-refractivity contribution is 5.85. The first-order chi connectivity index (χ1) is 8.93. The van der Waals surface area contributed by atoms with Crippen LogP contribution in [0, 0.1) is 0 Å². The fraction of sp³-hybridized carbons (Fsp3) is 0.562. The van der Waals surface area contributed by atoms with E-state index in [2.05, 4.69) is 55.7 Å². The van der Waals surface area contributed by atoms with Gasteiger partial charge in [0.25, 0.3) is 0 Å². The minimum Gasteiger partial charge on any atom is -0.356 e. The number of hydrogen-bond acceptors (Lipinski definition) is 2. The monoisotopic (exact) mass is 298 g/mol. The Hall–Kier alpha value is -1.06. The van der Waals surface area contributed by atoms with Crippen LogP contribution in [0.1, 0.15) is 38.3 Å². The van der Waals surface area contributed by atoms with Crippen LogP contribution in [0.5, 0.6) is 0 Å². The molecule has 0 aliphatic carbocycles. The molecule has 0 saturated carbocycles. The lowest BCUT2D eigenvalue weighted by Gasteiger charge is -2.19. The summed E-state index contributed by atoms with van der Waals surface area (Å²) in [6, 6.07) is 8.66. The Morgan fingerprint density at radius 3 is 2.20 bits per heavy atom. The highest BCUT2D eigenvalue weighted by Gasteiger charge is 2.12. The molecule has 0 aromatic heterocycles. The number of nitrogens with one attached hydrogen (secondary N) is 2. The van der Waals surface area contributed by atoms with Crippen LogP contribution < -0.4 is 10.6 Å². The van der Waals surface area contributed by atoms with Crippen molar-refractivity contribution in [2.75, 3.05) is 20.1 Å². The molecule has 0 bridgehead atoms. The Balaban J connectivity index is 0.00000361. The maximum Gasteiger partial charge on any atom is 0.221 e. The van der Waals surface area contributed by atoms with Crippen molar-refractivity contribution >= 4 is 18.3 Å². The van der Waals surface area contributed by atoms with Gasteiger partial charge in [0.05, 0.1) is 0 Å². The lowest BCUT2D eigenvalue weighted by Crippen LogP contribution is -2.28. The summed E-state index contributed by atoms with van der Waals surface area (Å²) in [5, 5.41) is 5.90. The first kappa shape index (κ1) is 18.9. The minimum atomic E-state index is 0. The summed E-state index contributed by atoms with van der Waals surface area (Å²) in [5.74, 6) is 0.112. The van der Waals surface area contributed by atoms with Gasteiger partial charge in [-0.2, -0.15) is 0 Å². The summed E-state index contributed by atoms with van der Waals surface area (Å²) in [4.78, 5) is 11.4. The zero-order chi connectivity index (χ0) is 14.3. The third-order valence-corrected chi connectivity index (χ3v) is 3.16. The van der Waals surface area contributed by atoms with E-state index in [0.717, 1.165) is 13.0 Å². The third kappa shape index (κ3) is 6.92. The van der Waals surface area contributed by atoms with Crippen LogP contribution in [0.15, 0.2) is 24.3 Å². The Labute approximate surface area is 128 Å². The first-order valence-electron chi connectivity index (χ1n) is 6.94. The SMILES string of the molecule is CNCCC(=O)NCCc1ccc(C(C)(C)C)cc1.Cl. The molecular formula is C16H27ClN2O. The number of amides is 1. The van der Waals surface area contributed by atoms with E-state index in [1.807, 2.05) is 7.05 Å². The molecule has 0 unspecified atom stereocenters. The summed E-state index contributed by atoms with van der Waals surface area (Å²) >= 11 is 0. The van der Waals surface area contributed by atoms with E-state index in [1.165, 1.54) is 11.1 Å². The summed E-state index contributed by atoms with van der Waals surface area (Å²) in [6.45, 7) is 8.07. The minimum absolute atomic E-state index is 0. The van der Waals surface area contributed by atoms with Crippen LogP contribution in [-0.4, -0.2) is 26.0 Å². The van der Waals surface area contributed by atoms with Crippen molar-refractivity contribution < 1.29 is 4.79 Å². The molecule has 0 saturated heterocycles. The van der Waals surface area contributed by atoms with Crippen molar-refractivity contribution in [1.29, 1.82) is 0 Å². The lowest BCUT2D eigenvalue weighted by molar-refractivity contribution is -0.120. The number of halogens is 1. The molecule has 4 heteroatoms. The summed E-state index contributed by atoms with van der Waals surface area (Å²) < 4.78 is 0. The van der Waals surface area contributed by atoms with Gasteiger partial charge in [-0.25, -0.2) is 0 Å². The fourth-order valence-electron chi connectivity index (χ4n) is 1.84. The number of hydrogen-bond donors (Lipinski definition) is 2. The van der Waals surface area contributed by atoms with Crippen LogP contribution in [0.3, 0.4) is 0 Å². The van der Waals surface area contributed by atoms with Gasteiger partial charge < -0.3 is 10.6 Å². The van der Waals surface area contributed by atoms with E-state index in [4.69, 9.17) is 0 Å². The standard InChI is InChI=1S/C16H26N2O.ClH/c1-16(2,3)14-7-5-13(6-8-14)9-12-18-15(19)10-11-17-4;/h5-8,17H,9-12H2,1-4H3,(H,18,19);1H. The zero-order valence-electron chi connectivity index (χ0n) is 13.0. The summed E-state index contributed by atoms with van der Waals surface area (Å²) in [5.41, 5.74) is 2.80. The van der Waals surface area contributed by atoms with Crippen molar-refractivity contribution in [2.45, 2.75) is 39.0 Å². The molecule has 1 aromatic rings. The molecule has 0 aliphatic heterocycles. The molecule has 0 fully saturated rings. The highest BCUT2D eigenvalue weighted by atomic mass is 35.5. The van der Waals surface area contributed by atoms with E-state index in [-0.39, 0.29) is 23.7 Å². The number of benzene rings is 1. The second kappa shape index (κ2) is 8.98. The van der Waals surface area contributed by atoms with E-state index in [0.29, 0.717) is 13.0 Å². The molecule has 0 aliphatic rings. The molecule has 3 nitrogen and oxygen atoms in total. The Kier molecular flexibility index (Phi) is 8.51. The lowest BCUT2D eigenvalue weighted by atomic mass is 9.86. The van der Waals surface area contributed by atoms with Gasteiger partial charge in [0.1, 0.15) is 0 Å². The van der Waals surface area contributed by atoms with Crippen molar-refractivity contribution in [3.8, 4) is 0 Å². The normalized spacial score (nSPS) is 10.8. The molecule has 1 amide bonds. The van der Waals surface area contributed by atoms with Crippen LogP contribution in [0.25, 0.3) is 0 Å². The van der Waals surface area contributed by atoms with Crippen LogP contribution in [0.4, 0.5) is 0 Å². The van der Waals surface area contributed by atoms with E-state index in [1.54, 1.807) is 0 Å². The maximum absolute atomic E-state index is 11.4. The molecule has 0 heterocycles. The van der Waals surface area contributed by atoms with Gasteiger partial charge in [0.15, 0.2) is 0 Å². The van der Waals surface area contributed by atoms with Gasteiger partial charge in [0, 0.05) is 19.5 Å². The quantitative estimate of drug-likeness (QED) is 0.848. The van der Waals surface area contributed by atoms with Gasteiger partial charge in [-0.3, -0.25) is 4.79 Å². The molecule has 1 rings (SSSR count). The molecule has 114 valence electrons. The molecule has 0 radical (unpaired) electrons. The molecule has 20 heavy (non-hydrogen) atoms. The average Bonchev–Trinajstić information content (AvgIpc) is 2.36. The van der Waals surface area contributed by atoms with Gasteiger partial charge >= 0.3 is 0 Å². The first-order valence-corrected chi connectivity index (χ1v) is 6.94. The molecule has 0 atom stereocenters. The average molecular weight is 299 g/mol. The molecule has 1 aromatic carbocycles. The zero-order valence-corrected chi connectivity index (χ0v) is 13.8. The van der Waals surface area contributed by atoms with Gasteiger partial charge in [-0.1, -0.05) is 45.0 Å². The predicted molar refractivity (Wildman–Crippen MR) is 87.6 cm³/mol. The van der Waals surface area contributed by atoms with Crippen molar-refractivity contribution in [3.63, 3.8) is 0 Å². The van der Waals surface area contributed by atoms with Crippen molar-refractivity contribution in [3.05, 3.63) is 35.4 Å². The van der Waals surface area contributed by atoms with Crippen LogP contribution >= 0.6 is 12.4 Å². The van der Waals surface area contributed by atoms with Gasteiger partial charge in [-0.15, -0.1) is 12.4 Å². The van der Waals surface area contributed by atoms with Crippen LogP contribution in [0.2, 0.25) is 0 Å². The summed E-state index contributed by atoms with van der Waals surface area (Å²) in [6.07, 6.45) is 1.43.